The Morgan fingerprint density at radius 2 is 1.48 bits per heavy atom. The van der Waals surface area contributed by atoms with Crippen LogP contribution in [0.4, 0.5) is 13.2 Å². The average Bonchev–Trinajstić information content (AvgIpc) is 2.45. The second kappa shape index (κ2) is 5.95. The van der Waals surface area contributed by atoms with Gasteiger partial charge < -0.3 is 0 Å². The number of carbonyl (C=O) groups excluding carboxylic acids is 1. The van der Waals surface area contributed by atoms with E-state index >= 15 is 0 Å². The molecule has 0 bridgehead atoms. The fourth-order valence-corrected chi connectivity index (χ4v) is 1.88. The summed E-state index contributed by atoms with van der Waals surface area (Å²) in [5.74, 6) is -0.663. The van der Waals surface area contributed by atoms with Crippen molar-refractivity contribution in [3.05, 3.63) is 77.4 Å². The van der Waals surface area contributed by atoms with Crippen molar-refractivity contribution in [3.8, 4) is 0 Å². The van der Waals surface area contributed by atoms with Crippen LogP contribution in [-0.4, -0.2) is 12.0 Å². The van der Waals surface area contributed by atoms with Gasteiger partial charge in [0.15, 0.2) is 5.78 Å². The molecule has 0 amide bonds. The van der Waals surface area contributed by atoms with E-state index in [2.05, 4.69) is 0 Å². The average molecular weight is 290 g/mol. The predicted molar refractivity (Wildman–Crippen MR) is 76.0 cm³/mol. The van der Waals surface area contributed by atoms with Gasteiger partial charge in [0.1, 0.15) is 0 Å². The van der Waals surface area contributed by atoms with Crippen LogP contribution in [-0.2, 0) is 0 Å². The molecule has 0 heterocycles. The highest BCUT2D eigenvalue weighted by atomic mass is 19.4. The summed E-state index contributed by atoms with van der Waals surface area (Å²) in [6.07, 6.45) is -3.93. The SMILES string of the molecule is Cc1ccc(/C(=C\C(=O)c2ccccc2)C(F)(F)F)cc1. The zero-order valence-electron chi connectivity index (χ0n) is 11.3. The molecule has 0 fully saturated rings. The zero-order valence-corrected chi connectivity index (χ0v) is 11.3. The van der Waals surface area contributed by atoms with E-state index < -0.39 is 17.5 Å². The second-order valence-electron chi connectivity index (χ2n) is 4.65. The van der Waals surface area contributed by atoms with Crippen molar-refractivity contribution in [2.24, 2.45) is 0 Å². The molecule has 0 saturated heterocycles. The first-order valence-electron chi connectivity index (χ1n) is 6.33. The lowest BCUT2D eigenvalue weighted by molar-refractivity contribution is -0.0689. The number of rotatable bonds is 3. The number of hydrogen-bond acceptors (Lipinski definition) is 1. The standard InChI is InChI=1S/C17H13F3O/c1-12-7-9-13(10-8-12)15(17(18,19)20)11-16(21)14-5-3-2-4-6-14/h2-11H,1H3/b15-11+. The molecule has 0 aromatic heterocycles. The van der Waals surface area contributed by atoms with Gasteiger partial charge in [0.2, 0.25) is 0 Å². The van der Waals surface area contributed by atoms with Gasteiger partial charge in [-0.25, -0.2) is 0 Å². The molecule has 2 rings (SSSR count). The summed E-state index contributed by atoms with van der Waals surface area (Å²) >= 11 is 0. The quantitative estimate of drug-likeness (QED) is 0.585. The van der Waals surface area contributed by atoms with Gasteiger partial charge in [-0.3, -0.25) is 4.79 Å². The molecular weight excluding hydrogens is 277 g/mol. The zero-order chi connectivity index (χ0) is 15.5. The summed E-state index contributed by atoms with van der Waals surface area (Å²) in [6.45, 7) is 1.79. The van der Waals surface area contributed by atoms with E-state index in [0.717, 1.165) is 5.56 Å². The number of alkyl halides is 3. The summed E-state index contributed by atoms with van der Waals surface area (Å²) in [5.41, 5.74) is 0.134. The third kappa shape index (κ3) is 3.81. The van der Waals surface area contributed by atoms with Crippen LogP contribution < -0.4 is 0 Å². The van der Waals surface area contributed by atoms with Crippen LogP contribution in [0.2, 0.25) is 0 Å². The summed E-state index contributed by atoms with van der Waals surface area (Å²) in [6, 6.07) is 13.8. The predicted octanol–water partition coefficient (Wildman–Crippen LogP) is 4.82. The number of carbonyl (C=O) groups is 1. The van der Waals surface area contributed by atoms with Crippen LogP contribution >= 0.6 is 0 Å². The molecule has 108 valence electrons. The Bertz CT molecular complexity index is 653. The molecule has 1 nitrogen and oxygen atoms in total. The molecule has 0 aliphatic heterocycles. The van der Waals surface area contributed by atoms with E-state index in [1.54, 1.807) is 37.3 Å². The van der Waals surface area contributed by atoms with Crippen molar-refractivity contribution < 1.29 is 18.0 Å². The topological polar surface area (TPSA) is 17.1 Å². The number of halogens is 3. The van der Waals surface area contributed by atoms with Gasteiger partial charge in [-0.2, -0.15) is 13.2 Å². The molecular formula is C17H13F3O. The van der Waals surface area contributed by atoms with Gasteiger partial charge in [-0.1, -0.05) is 60.2 Å². The second-order valence-corrected chi connectivity index (χ2v) is 4.65. The van der Waals surface area contributed by atoms with E-state index in [9.17, 15) is 18.0 Å². The van der Waals surface area contributed by atoms with Crippen LogP contribution in [0.3, 0.4) is 0 Å². The number of allylic oxidation sites excluding steroid dienone is 2. The third-order valence-electron chi connectivity index (χ3n) is 3.00. The Morgan fingerprint density at radius 3 is 2.00 bits per heavy atom. The molecule has 2 aromatic carbocycles. The Labute approximate surface area is 120 Å². The van der Waals surface area contributed by atoms with E-state index in [1.165, 1.54) is 24.3 Å². The fraction of sp³-hybridized carbons (Fsp3) is 0.118. The molecule has 2 aromatic rings. The first-order chi connectivity index (χ1) is 9.88. The minimum atomic E-state index is -4.58. The van der Waals surface area contributed by atoms with Crippen molar-refractivity contribution in [1.29, 1.82) is 0 Å². The first-order valence-corrected chi connectivity index (χ1v) is 6.33. The Kier molecular flexibility index (Phi) is 4.26. The van der Waals surface area contributed by atoms with Crippen LogP contribution in [0, 0.1) is 6.92 Å². The van der Waals surface area contributed by atoms with Gasteiger partial charge in [0.25, 0.3) is 0 Å². The maximum absolute atomic E-state index is 13.2. The Balaban J connectivity index is 2.44. The van der Waals surface area contributed by atoms with E-state index in [4.69, 9.17) is 0 Å². The molecule has 0 radical (unpaired) electrons. The van der Waals surface area contributed by atoms with Crippen molar-refractivity contribution in [2.45, 2.75) is 13.1 Å². The van der Waals surface area contributed by atoms with Crippen molar-refractivity contribution in [3.63, 3.8) is 0 Å². The number of benzene rings is 2. The lowest BCUT2D eigenvalue weighted by Crippen LogP contribution is -2.12. The van der Waals surface area contributed by atoms with E-state index in [1.807, 2.05) is 0 Å². The fourth-order valence-electron chi connectivity index (χ4n) is 1.88. The van der Waals surface area contributed by atoms with Gasteiger partial charge in [0, 0.05) is 5.56 Å². The molecule has 0 saturated carbocycles. The van der Waals surface area contributed by atoms with E-state index in [-0.39, 0.29) is 11.1 Å². The number of ketones is 1. The van der Waals surface area contributed by atoms with Crippen LogP contribution in [0.25, 0.3) is 5.57 Å². The molecule has 0 aliphatic carbocycles. The molecule has 0 spiro atoms. The first kappa shape index (κ1) is 15.0. The minimum Gasteiger partial charge on any atom is -0.289 e. The number of hydrogen-bond donors (Lipinski definition) is 0. The summed E-state index contributed by atoms with van der Waals surface area (Å²) in [7, 11) is 0. The summed E-state index contributed by atoms with van der Waals surface area (Å²) < 4.78 is 39.5. The smallest absolute Gasteiger partial charge is 0.289 e. The highest BCUT2D eigenvalue weighted by Crippen LogP contribution is 2.34. The van der Waals surface area contributed by atoms with Crippen LogP contribution in [0.5, 0.6) is 0 Å². The monoisotopic (exact) mass is 290 g/mol. The Hall–Kier alpha value is -2.36. The van der Waals surface area contributed by atoms with Crippen molar-refractivity contribution >= 4 is 11.4 Å². The van der Waals surface area contributed by atoms with Gasteiger partial charge >= 0.3 is 6.18 Å². The normalized spacial score (nSPS) is 12.3. The summed E-state index contributed by atoms with van der Waals surface area (Å²) in [4.78, 5) is 12.0. The minimum absolute atomic E-state index is 0.0163. The molecule has 4 heteroatoms. The van der Waals surface area contributed by atoms with Crippen LogP contribution in [0.1, 0.15) is 21.5 Å². The lowest BCUT2D eigenvalue weighted by Gasteiger charge is -2.12. The maximum Gasteiger partial charge on any atom is 0.417 e. The van der Waals surface area contributed by atoms with Gasteiger partial charge in [0.05, 0.1) is 5.57 Å². The maximum atomic E-state index is 13.2. The third-order valence-corrected chi connectivity index (χ3v) is 3.00. The molecule has 21 heavy (non-hydrogen) atoms. The largest absolute Gasteiger partial charge is 0.417 e. The van der Waals surface area contributed by atoms with Gasteiger partial charge in [-0.05, 0) is 18.6 Å². The molecule has 0 N–H and O–H groups in total. The summed E-state index contributed by atoms with van der Waals surface area (Å²) in [5, 5.41) is 0. The molecule has 0 unspecified atom stereocenters. The Morgan fingerprint density at radius 1 is 0.905 bits per heavy atom. The van der Waals surface area contributed by atoms with E-state index in [0.29, 0.717) is 6.08 Å². The number of aryl methyl sites for hydroxylation is 1. The van der Waals surface area contributed by atoms with Gasteiger partial charge in [-0.15, -0.1) is 0 Å². The highest BCUT2D eigenvalue weighted by Gasteiger charge is 2.35. The van der Waals surface area contributed by atoms with Crippen molar-refractivity contribution in [1.82, 2.24) is 0 Å². The van der Waals surface area contributed by atoms with Crippen LogP contribution in [0.15, 0.2) is 60.7 Å². The molecule has 0 atom stereocenters. The lowest BCUT2D eigenvalue weighted by atomic mass is 10.0. The highest BCUT2D eigenvalue weighted by molar-refractivity contribution is 6.09. The van der Waals surface area contributed by atoms with Crippen molar-refractivity contribution in [2.75, 3.05) is 0 Å². The molecule has 0 aliphatic rings.